The number of para-hydroxylation sites is 1. The highest BCUT2D eigenvalue weighted by atomic mass is 19.1. The SMILES string of the molecule is CC1Cc2c([nH]c3ccccc23)CN1CC(C)(C)F.Fc1cc(F)cc(N2CCCC3(CCCNC3)C2)c1. The number of aromatic nitrogens is 1. The monoisotopic (exact) mass is 526 g/mol. The maximum Gasteiger partial charge on any atom is 0.128 e. The van der Waals surface area contributed by atoms with Crippen molar-refractivity contribution in [3.63, 3.8) is 0 Å². The lowest BCUT2D eigenvalue weighted by atomic mass is 9.74. The predicted octanol–water partition coefficient (Wildman–Crippen LogP) is 6.60. The molecule has 2 aromatic carbocycles. The van der Waals surface area contributed by atoms with Gasteiger partial charge in [0.15, 0.2) is 0 Å². The molecule has 0 aliphatic carbocycles. The zero-order valence-corrected chi connectivity index (χ0v) is 22.9. The zero-order valence-electron chi connectivity index (χ0n) is 22.9. The minimum absolute atomic E-state index is 0.291. The molecule has 7 heteroatoms. The molecule has 2 N–H and O–H groups in total. The van der Waals surface area contributed by atoms with E-state index in [4.69, 9.17) is 0 Å². The summed E-state index contributed by atoms with van der Waals surface area (Å²) in [6.45, 7) is 10.7. The predicted molar refractivity (Wildman–Crippen MR) is 149 cm³/mol. The van der Waals surface area contributed by atoms with Crippen LogP contribution < -0.4 is 10.2 Å². The van der Waals surface area contributed by atoms with Gasteiger partial charge in [0.1, 0.15) is 17.3 Å². The second-order valence-electron chi connectivity index (χ2n) is 12.2. The molecule has 4 nitrogen and oxygen atoms in total. The molecule has 3 aliphatic rings. The van der Waals surface area contributed by atoms with Crippen LogP contribution >= 0.6 is 0 Å². The Labute approximate surface area is 224 Å². The summed E-state index contributed by atoms with van der Waals surface area (Å²) < 4.78 is 40.6. The molecule has 1 aromatic heterocycles. The van der Waals surface area contributed by atoms with Gasteiger partial charge in [0.2, 0.25) is 0 Å². The third-order valence-electron chi connectivity index (χ3n) is 8.40. The summed E-state index contributed by atoms with van der Waals surface area (Å²) in [5.41, 5.74) is 3.69. The molecule has 2 atom stereocenters. The minimum Gasteiger partial charge on any atom is -0.371 e. The van der Waals surface area contributed by atoms with Gasteiger partial charge in [0, 0.05) is 72.5 Å². The van der Waals surface area contributed by atoms with E-state index >= 15 is 0 Å². The van der Waals surface area contributed by atoms with E-state index in [0.717, 1.165) is 51.6 Å². The fourth-order valence-electron chi connectivity index (χ4n) is 6.63. The Morgan fingerprint density at radius 1 is 1.05 bits per heavy atom. The van der Waals surface area contributed by atoms with Crippen LogP contribution in [0.15, 0.2) is 42.5 Å². The molecule has 206 valence electrons. The molecule has 6 rings (SSSR count). The molecular weight excluding hydrogens is 485 g/mol. The number of nitrogens with zero attached hydrogens (tertiary/aromatic N) is 2. The summed E-state index contributed by atoms with van der Waals surface area (Å²) in [6, 6.07) is 12.6. The van der Waals surface area contributed by atoms with Gasteiger partial charge in [-0.25, -0.2) is 13.2 Å². The topological polar surface area (TPSA) is 34.3 Å². The maximum atomic E-state index is 13.9. The first kappa shape index (κ1) is 27.1. The number of aromatic amines is 1. The van der Waals surface area contributed by atoms with Crippen LogP contribution in [0.2, 0.25) is 0 Å². The number of benzene rings is 2. The normalized spacial score (nSPS) is 24.3. The maximum absolute atomic E-state index is 13.9. The number of alkyl halides is 1. The lowest BCUT2D eigenvalue weighted by molar-refractivity contribution is 0.0853. The van der Waals surface area contributed by atoms with Gasteiger partial charge in [-0.2, -0.15) is 0 Å². The number of piperidine rings is 2. The number of fused-ring (bicyclic) bond motifs is 3. The lowest BCUT2D eigenvalue weighted by Crippen LogP contribution is -2.51. The van der Waals surface area contributed by atoms with E-state index in [-0.39, 0.29) is 0 Å². The molecule has 3 aliphatic heterocycles. The van der Waals surface area contributed by atoms with Crippen molar-refractivity contribution >= 4 is 16.6 Å². The third-order valence-corrected chi connectivity index (χ3v) is 8.40. The van der Waals surface area contributed by atoms with E-state index in [1.165, 1.54) is 53.6 Å². The van der Waals surface area contributed by atoms with Crippen LogP contribution in [-0.2, 0) is 13.0 Å². The Balaban J connectivity index is 0.000000155. The Morgan fingerprint density at radius 3 is 2.50 bits per heavy atom. The fraction of sp³-hybridized carbons (Fsp3) is 0.548. The van der Waals surface area contributed by atoms with Gasteiger partial charge < -0.3 is 15.2 Å². The number of anilines is 1. The van der Waals surface area contributed by atoms with E-state index in [2.05, 4.69) is 51.3 Å². The zero-order chi connectivity index (χ0) is 26.9. The third kappa shape index (κ3) is 6.20. The molecule has 0 bridgehead atoms. The molecule has 0 saturated carbocycles. The molecular formula is C31H41F3N4. The van der Waals surface area contributed by atoms with Gasteiger partial charge in [-0.1, -0.05) is 18.2 Å². The van der Waals surface area contributed by atoms with E-state index in [1.54, 1.807) is 13.8 Å². The van der Waals surface area contributed by atoms with Crippen LogP contribution in [0.5, 0.6) is 0 Å². The summed E-state index contributed by atoms with van der Waals surface area (Å²) in [5, 5.41) is 4.79. The Hall–Kier alpha value is -2.51. The van der Waals surface area contributed by atoms with Crippen LogP contribution in [0.4, 0.5) is 18.9 Å². The highest BCUT2D eigenvalue weighted by Crippen LogP contribution is 2.38. The lowest BCUT2D eigenvalue weighted by Gasteiger charge is -2.46. The fourth-order valence-corrected chi connectivity index (χ4v) is 6.63. The standard InChI is InChI=1S/C16H21FN2.C15H20F2N2/c1-11-8-13-12-6-4-5-7-14(12)18-15(13)9-19(11)10-16(2,3)17;16-12-7-13(17)9-14(8-12)19-6-2-4-15(11-19)3-1-5-18-10-15/h4-7,11,18H,8-10H2,1-3H3;7-9,18H,1-6,10-11H2. The number of hydrogen-bond donors (Lipinski definition) is 2. The largest absolute Gasteiger partial charge is 0.371 e. The van der Waals surface area contributed by atoms with Gasteiger partial charge >= 0.3 is 0 Å². The summed E-state index contributed by atoms with van der Waals surface area (Å²) >= 11 is 0. The van der Waals surface area contributed by atoms with E-state index in [9.17, 15) is 13.2 Å². The summed E-state index contributed by atoms with van der Waals surface area (Å²) in [6.07, 6.45) is 5.73. The van der Waals surface area contributed by atoms with Crippen molar-refractivity contribution in [2.45, 2.75) is 71.1 Å². The van der Waals surface area contributed by atoms with Crippen molar-refractivity contribution in [1.82, 2.24) is 15.2 Å². The molecule has 0 radical (unpaired) electrons. The highest BCUT2D eigenvalue weighted by Gasteiger charge is 2.36. The molecule has 0 amide bonds. The molecule has 3 aromatic rings. The Kier molecular flexibility index (Phi) is 7.79. The molecule has 2 unspecified atom stereocenters. The average Bonchev–Trinajstić information content (AvgIpc) is 3.21. The number of nitrogens with one attached hydrogen (secondary N) is 2. The molecule has 4 heterocycles. The van der Waals surface area contributed by atoms with Gasteiger partial charge in [0.25, 0.3) is 0 Å². The van der Waals surface area contributed by atoms with Gasteiger partial charge in [0.05, 0.1) is 0 Å². The van der Waals surface area contributed by atoms with Crippen LogP contribution in [0.3, 0.4) is 0 Å². The van der Waals surface area contributed by atoms with Crippen molar-refractivity contribution in [3.8, 4) is 0 Å². The number of halogens is 3. The first-order valence-corrected chi connectivity index (χ1v) is 14.0. The van der Waals surface area contributed by atoms with Crippen LogP contribution in [0, 0.1) is 17.0 Å². The minimum atomic E-state index is -1.14. The van der Waals surface area contributed by atoms with Crippen LogP contribution in [-0.4, -0.2) is 54.3 Å². The summed E-state index contributed by atoms with van der Waals surface area (Å²) in [4.78, 5) is 7.86. The average molecular weight is 527 g/mol. The number of rotatable bonds is 3. The smallest absolute Gasteiger partial charge is 0.128 e. The first-order valence-electron chi connectivity index (χ1n) is 14.0. The molecule has 2 saturated heterocycles. The Morgan fingerprint density at radius 2 is 1.79 bits per heavy atom. The first-order chi connectivity index (χ1) is 18.1. The quantitative estimate of drug-likeness (QED) is 0.404. The second kappa shape index (κ2) is 10.9. The molecule has 1 spiro atoms. The summed E-state index contributed by atoms with van der Waals surface area (Å²) in [7, 11) is 0. The van der Waals surface area contributed by atoms with Gasteiger partial charge in [-0.3, -0.25) is 4.90 Å². The van der Waals surface area contributed by atoms with E-state index < -0.39 is 17.3 Å². The van der Waals surface area contributed by atoms with Crippen molar-refractivity contribution in [3.05, 3.63) is 65.4 Å². The number of H-pyrrole nitrogens is 1. The number of hydrogen-bond acceptors (Lipinski definition) is 3. The summed E-state index contributed by atoms with van der Waals surface area (Å²) in [5.74, 6) is -0.979. The second-order valence-corrected chi connectivity index (χ2v) is 12.2. The van der Waals surface area contributed by atoms with Crippen molar-refractivity contribution in [1.29, 1.82) is 0 Å². The molecule has 38 heavy (non-hydrogen) atoms. The van der Waals surface area contributed by atoms with Crippen molar-refractivity contribution in [2.24, 2.45) is 5.41 Å². The van der Waals surface area contributed by atoms with Crippen LogP contribution in [0.1, 0.15) is 57.7 Å². The van der Waals surface area contributed by atoms with Gasteiger partial charge in [-0.05, 0) is 83.2 Å². The van der Waals surface area contributed by atoms with Crippen molar-refractivity contribution in [2.75, 3.05) is 37.6 Å². The van der Waals surface area contributed by atoms with Crippen LogP contribution in [0.25, 0.3) is 10.9 Å². The molecule has 2 fully saturated rings. The van der Waals surface area contributed by atoms with E-state index in [0.29, 0.717) is 23.7 Å². The van der Waals surface area contributed by atoms with Crippen molar-refractivity contribution < 1.29 is 13.2 Å². The highest BCUT2D eigenvalue weighted by molar-refractivity contribution is 5.84. The van der Waals surface area contributed by atoms with E-state index in [1.807, 2.05) is 0 Å². The van der Waals surface area contributed by atoms with Gasteiger partial charge in [-0.15, -0.1) is 0 Å². The Bertz CT molecular complexity index is 1220.